The fourth-order valence-electron chi connectivity index (χ4n) is 4.38. The lowest BCUT2D eigenvalue weighted by molar-refractivity contribution is 0.0523. The SMILES string of the molecule is Cc1csc(-c2ccc3c(C(=O)O)nn([C@@H]4CN5CCC4CC5)c3c2)n1. The third kappa shape index (κ3) is 2.46. The summed E-state index contributed by atoms with van der Waals surface area (Å²) < 4.78 is 1.98. The van der Waals surface area contributed by atoms with Crippen molar-refractivity contribution < 1.29 is 9.90 Å². The largest absolute Gasteiger partial charge is 0.476 e. The summed E-state index contributed by atoms with van der Waals surface area (Å²) in [6.07, 6.45) is 2.33. The molecule has 26 heavy (non-hydrogen) atoms. The molecule has 5 heterocycles. The van der Waals surface area contributed by atoms with E-state index in [1.54, 1.807) is 11.3 Å². The number of carboxylic acid groups (broad SMARTS) is 1. The molecule has 6 nitrogen and oxygen atoms in total. The van der Waals surface area contributed by atoms with Crippen molar-refractivity contribution in [2.24, 2.45) is 5.92 Å². The lowest BCUT2D eigenvalue weighted by atomic mass is 9.84. The van der Waals surface area contributed by atoms with Gasteiger partial charge in [0.2, 0.25) is 0 Å². The topological polar surface area (TPSA) is 71.2 Å². The zero-order valence-corrected chi connectivity index (χ0v) is 15.4. The average molecular weight is 368 g/mol. The van der Waals surface area contributed by atoms with E-state index in [2.05, 4.69) is 21.0 Å². The van der Waals surface area contributed by atoms with Crippen LogP contribution in [0.25, 0.3) is 21.5 Å². The maximum Gasteiger partial charge on any atom is 0.357 e. The Hall–Kier alpha value is -2.25. The van der Waals surface area contributed by atoms with Gasteiger partial charge in [-0.25, -0.2) is 9.78 Å². The number of rotatable bonds is 3. The summed E-state index contributed by atoms with van der Waals surface area (Å²) in [6, 6.07) is 6.15. The molecule has 1 aromatic carbocycles. The van der Waals surface area contributed by atoms with Crippen LogP contribution in [0.4, 0.5) is 0 Å². The monoisotopic (exact) mass is 368 g/mol. The molecule has 0 unspecified atom stereocenters. The molecular weight excluding hydrogens is 348 g/mol. The van der Waals surface area contributed by atoms with Crippen molar-refractivity contribution in [1.82, 2.24) is 19.7 Å². The standard InChI is InChI=1S/C19H20N4O2S/c1-11-10-26-18(20-11)13-2-3-14-15(8-13)23(21-17(14)19(24)25)16-9-22-6-4-12(16)5-7-22/h2-3,8,10,12,16H,4-7,9H2,1H3,(H,24,25)/t16-/m1/s1. The quantitative estimate of drug-likeness (QED) is 0.767. The first-order chi connectivity index (χ1) is 12.6. The first-order valence-corrected chi connectivity index (χ1v) is 9.88. The third-order valence-corrected chi connectivity index (χ3v) is 6.72. The second kappa shape index (κ2) is 5.89. The van der Waals surface area contributed by atoms with Crippen LogP contribution >= 0.6 is 11.3 Å². The summed E-state index contributed by atoms with van der Waals surface area (Å²) >= 11 is 1.61. The molecule has 0 radical (unpaired) electrons. The van der Waals surface area contributed by atoms with Gasteiger partial charge in [-0.05, 0) is 50.9 Å². The highest BCUT2D eigenvalue weighted by Gasteiger charge is 2.37. The molecule has 0 spiro atoms. The first-order valence-electron chi connectivity index (χ1n) is 9.00. The van der Waals surface area contributed by atoms with Crippen LogP contribution in [0, 0.1) is 12.8 Å². The highest BCUT2D eigenvalue weighted by molar-refractivity contribution is 7.13. The lowest BCUT2D eigenvalue weighted by Gasteiger charge is -2.44. The van der Waals surface area contributed by atoms with Gasteiger partial charge in [-0.2, -0.15) is 5.10 Å². The molecule has 6 rings (SSSR count). The number of aromatic carboxylic acids is 1. The first kappa shape index (κ1) is 16.0. The van der Waals surface area contributed by atoms with Crippen molar-refractivity contribution in [3.05, 3.63) is 35.0 Å². The molecule has 7 heteroatoms. The molecule has 0 saturated carbocycles. The summed E-state index contributed by atoms with van der Waals surface area (Å²) in [7, 11) is 0. The predicted octanol–water partition coefficient (Wildman–Crippen LogP) is 3.43. The molecular formula is C19H20N4O2S. The van der Waals surface area contributed by atoms with Crippen molar-refractivity contribution in [2.75, 3.05) is 19.6 Å². The summed E-state index contributed by atoms with van der Waals surface area (Å²) in [5.74, 6) is -0.386. The van der Waals surface area contributed by atoms with E-state index in [0.29, 0.717) is 11.3 Å². The number of benzene rings is 1. The minimum Gasteiger partial charge on any atom is -0.476 e. The maximum absolute atomic E-state index is 11.7. The Labute approximate surface area is 155 Å². The summed E-state index contributed by atoms with van der Waals surface area (Å²) in [4.78, 5) is 18.8. The molecule has 2 aromatic heterocycles. The minimum absolute atomic E-state index is 0.151. The van der Waals surface area contributed by atoms with E-state index >= 15 is 0 Å². The normalized spacial score (nSPS) is 25.0. The fourth-order valence-corrected chi connectivity index (χ4v) is 5.17. The number of aryl methyl sites for hydroxylation is 1. The van der Waals surface area contributed by atoms with Gasteiger partial charge in [0.1, 0.15) is 5.01 Å². The van der Waals surface area contributed by atoms with Gasteiger partial charge in [-0.1, -0.05) is 6.07 Å². The maximum atomic E-state index is 11.7. The van der Waals surface area contributed by atoms with Crippen LogP contribution in [0.5, 0.6) is 0 Å². The zero-order valence-electron chi connectivity index (χ0n) is 14.6. The third-order valence-electron chi connectivity index (χ3n) is 5.71. The van der Waals surface area contributed by atoms with E-state index in [1.807, 2.05) is 29.1 Å². The Morgan fingerprint density at radius 1 is 1.31 bits per heavy atom. The van der Waals surface area contributed by atoms with Crippen LogP contribution in [0.2, 0.25) is 0 Å². The Kier molecular flexibility index (Phi) is 3.62. The Balaban J connectivity index is 1.67. The number of piperidine rings is 3. The van der Waals surface area contributed by atoms with E-state index in [9.17, 15) is 9.90 Å². The molecule has 2 bridgehead atoms. The predicted molar refractivity (Wildman–Crippen MR) is 101 cm³/mol. The van der Waals surface area contributed by atoms with Gasteiger partial charge >= 0.3 is 5.97 Å². The Bertz CT molecular complexity index is 1000. The highest BCUT2D eigenvalue weighted by Crippen LogP contribution is 2.38. The number of hydrogen-bond donors (Lipinski definition) is 1. The van der Waals surface area contributed by atoms with Gasteiger partial charge in [0, 0.05) is 28.6 Å². The van der Waals surface area contributed by atoms with Gasteiger partial charge < -0.3 is 10.0 Å². The smallest absolute Gasteiger partial charge is 0.357 e. The Morgan fingerprint density at radius 2 is 2.12 bits per heavy atom. The number of nitrogens with zero attached hydrogens (tertiary/aromatic N) is 4. The van der Waals surface area contributed by atoms with Gasteiger partial charge in [0.25, 0.3) is 0 Å². The molecule has 3 aliphatic rings. The number of carboxylic acids is 1. The van der Waals surface area contributed by atoms with Crippen molar-refractivity contribution >= 4 is 28.2 Å². The second-order valence-corrected chi connectivity index (χ2v) is 8.19. The molecule has 0 aliphatic carbocycles. The molecule has 0 amide bonds. The van der Waals surface area contributed by atoms with Crippen molar-refractivity contribution in [3.63, 3.8) is 0 Å². The minimum atomic E-state index is -0.965. The van der Waals surface area contributed by atoms with Gasteiger partial charge in [0.05, 0.1) is 11.6 Å². The van der Waals surface area contributed by atoms with E-state index in [0.717, 1.165) is 41.4 Å². The number of thiazole rings is 1. The van der Waals surface area contributed by atoms with E-state index in [-0.39, 0.29) is 11.7 Å². The lowest BCUT2D eigenvalue weighted by Crippen LogP contribution is -2.48. The number of hydrogen-bond acceptors (Lipinski definition) is 5. The van der Waals surface area contributed by atoms with Gasteiger partial charge in [0.15, 0.2) is 5.69 Å². The summed E-state index contributed by atoms with van der Waals surface area (Å²) in [5.41, 5.74) is 3.09. The van der Waals surface area contributed by atoms with E-state index < -0.39 is 5.97 Å². The molecule has 3 saturated heterocycles. The zero-order chi connectivity index (χ0) is 17.8. The number of aromatic nitrogens is 3. The van der Waals surface area contributed by atoms with Gasteiger partial charge in [-0.15, -0.1) is 11.3 Å². The molecule has 3 aliphatic heterocycles. The number of fused-ring (bicyclic) bond motifs is 4. The fraction of sp³-hybridized carbons (Fsp3) is 0.421. The van der Waals surface area contributed by atoms with Crippen LogP contribution in [0.1, 0.15) is 35.1 Å². The van der Waals surface area contributed by atoms with Crippen LogP contribution in [-0.2, 0) is 0 Å². The van der Waals surface area contributed by atoms with Crippen molar-refractivity contribution in [3.8, 4) is 10.6 Å². The van der Waals surface area contributed by atoms with Crippen molar-refractivity contribution in [1.29, 1.82) is 0 Å². The molecule has 1 N–H and O–H groups in total. The van der Waals surface area contributed by atoms with Gasteiger partial charge in [-0.3, -0.25) is 4.68 Å². The van der Waals surface area contributed by atoms with Crippen molar-refractivity contribution in [2.45, 2.75) is 25.8 Å². The molecule has 3 aromatic rings. The summed E-state index contributed by atoms with van der Waals surface area (Å²) in [5, 5.41) is 17.9. The molecule has 3 fully saturated rings. The highest BCUT2D eigenvalue weighted by atomic mass is 32.1. The molecule has 134 valence electrons. The molecule has 1 atom stereocenters. The van der Waals surface area contributed by atoms with Crippen LogP contribution in [-0.4, -0.2) is 50.4 Å². The number of carbonyl (C=O) groups is 1. The van der Waals surface area contributed by atoms with Crippen LogP contribution in [0.3, 0.4) is 0 Å². The summed E-state index contributed by atoms with van der Waals surface area (Å²) in [6.45, 7) is 5.24. The second-order valence-electron chi connectivity index (χ2n) is 7.33. The average Bonchev–Trinajstić information content (AvgIpc) is 3.26. The van der Waals surface area contributed by atoms with Crippen LogP contribution < -0.4 is 0 Å². The Morgan fingerprint density at radius 3 is 2.73 bits per heavy atom. The van der Waals surface area contributed by atoms with E-state index in [4.69, 9.17) is 0 Å². The van der Waals surface area contributed by atoms with Crippen LogP contribution in [0.15, 0.2) is 23.6 Å². The van der Waals surface area contributed by atoms with E-state index in [1.165, 1.54) is 12.8 Å².